The third kappa shape index (κ3) is 1.62. The molecule has 2 aliphatic rings. The van der Waals surface area contributed by atoms with Crippen LogP contribution in [-0.4, -0.2) is 30.8 Å². The zero-order chi connectivity index (χ0) is 14.6. The normalized spacial score (nSPS) is 22.6. The topological polar surface area (TPSA) is 46.4 Å². The van der Waals surface area contributed by atoms with Crippen molar-refractivity contribution in [3.05, 3.63) is 59.7 Å². The lowest BCUT2D eigenvalue weighted by Gasteiger charge is -2.09. The molecule has 4 nitrogen and oxygen atoms in total. The monoisotopic (exact) mass is 279 g/mol. The molecule has 1 saturated heterocycles. The highest BCUT2D eigenvalue weighted by Crippen LogP contribution is 2.43. The third-order valence-corrected chi connectivity index (χ3v) is 4.17. The van der Waals surface area contributed by atoms with E-state index >= 15 is 0 Å². The van der Waals surface area contributed by atoms with Crippen LogP contribution in [0.15, 0.2) is 48.5 Å². The minimum Gasteiger partial charge on any atom is -0.497 e. The van der Waals surface area contributed by atoms with E-state index in [1.54, 1.807) is 31.4 Å². The number of fused-ring (bicyclic) bond motifs is 2. The Kier molecular flexibility index (Phi) is 2.42. The van der Waals surface area contributed by atoms with E-state index in [0.717, 1.165) is 11.4 Å². The maximum Gasteiger partial charge on any atom is 0.188 e. The second kappa shape index (κ2) is 4.19. The Hall–Kier alpha value is -2.62. The summed E-state index contributed by atoms with van der Waals surface area (Å²) in [6, 6.07) is 13.8. The van der Waals surface area contributed by atoms with Crippen molar-refractivity contribution in [2.24, 2.45) is 0 Å². The van der Waals surface area contributed by atoms with Gasteiger partial charge < -0.3 is 9.64 Å². The first-order valence-corrected chi connectivity index (χ1v) is 6.82. The van der Waals surface area contributed by atoms with Gasteiger partial charge in [0.05, 0.1) is 7.11 Å². The minimum atomic E-state index is -0.346. The fourth-order valence-electron chi connectivity index (χ4n) is 3.08. The highest BCUT2D eigenvalue weighted by molar-refractivity contribution is 6.25. The molecule has 4 rings (SSSR count). The SMILES string of the molecule is COc1ccc(N2C3C(=O)c4ccccc4C(=O)C32)cc1. The van der Waals surface area contributed by atoms with Crippen molar-refractivity contribution in [3.8, 4) is 5.75 Å². The van der Waals surface area contributed by atoms with Gasteiger partial charge in [-0.1, -0.05) is 24.3 Å². The van der Waals surface area contributed by atoms with Crippen molar-refractivity contribution in [2.45, 2.75) is 12.1 Å². The summed E-state index contributed by atoms with van der Waals surface area (Å²) in [5.74, 6) is 0.821. The van der Waals surface area contributed by atoms with Gasteiger partial charge in [-0.15, -0.1) is 0 Å². The van der Waals surface area contributed by atoms with Crippen LogP contribution in [-0.2, 0) is 0 Å². The van der Waals surface area contributed by atoms with Gasteiger partial charge in [-0.3, -0.25) is 9.59 Å². The molecule has 0 N–H and O–H groups in total. The maximum atomic E-state index is 12.5. The van der Waals surface area contributed by atoms with Crippen molar-refractivity contribution in [1.82, 2.24) is 0 Å². The maximum absolute atomic E-state index is 12.5. The largest absolute Gasteiger partial charge is 0.497 e. The highest BCUT2D eigenvalue weighted by atomic mass is 16.5. The summed E-state index contributed by atoms with van der Waals surface area (Å²) in [7, 11) is 1.61. The predicted octanol–water partition coefficient (Wildman–Crippen LogP) is 2.33. The molecule has 0 radical (unpaired) electrons. The first-order chi connectivity index (χ1) is 10.2. The smallest absolute Gasteiger partial charge is 0.188 e. The molecule has 2 aromatic carbocycles. The summed E-state index contributed by atoms with van der Waals surface area (Å²) in [5, 5.41) is 0. The number of ether oxygens (including phenoxy) is 1. The molecule has 0 spiro atoms. The number of methoxy groups -OCH3 is 1. The number of carbonyl (C=O) groups is 2. The molecule has 0 aromatic heterocycles. The van der Waals surface area contributed by atoms with Gasteiger partial charge in [-0.2, -0.15) is 0 Å². The van der Waals surface area contributed by atoms with Crippen molar-refractivity contribution < 1.29 is 14.3 Å². The van der Waals surface area contributed by atoms with Crippen LogP contribution in [0, 0.1) is 0 Å². The molecule has 2 unspecified atom stereocenters. The van der Waals surface area contributed by atoms with Crippen LogP contribution < -0.4 is 9.64 Å². The molecule has 0 saturated carbocycles. The quantitative estimate of drug-likeness (QED) is 0.792. The van der Waals surface area contributed by atoms with Crippen molar-refractivity contribution in [1.29, 1.82) is 0 Å². The van der Waals surface area contributed by atoms with Gasteiger partial charge in [0.15, 0.2) is 11.6 Å². The summed E-state index contributed by atoms with van der Waals surface area (Å²) >= 11 is 0. The molecule has 2 aromatic rings. The lowest BCUT2D eigenvalue weighted by molar-refractivity contribution is 0.0922. The molecule has 2 atom stereocenters. The number of hydrogen-bond donors (Lipinski definition) is 0. The first-order valence-electron chi connectivity index (χ1n) is 6.82. The number of anilines is 1. The Morgan fingerprint density at radius 3 is 1.86 bits per heavy atom. The van der Waals surface area contributed by atoms with Crippen LogP contribution in [0.25, 0.3) is 0 Å². The summed E-state index contributed by atoms with van der Waals surface area (Å²) in [4.78, 5) is 26.9. The van der Waals surface area contributed by atoms with Crippen LogP contribution in [0.4, 0.5) is 5.69 Å². The predicted molar refractivity (Wildman–Crippen MR) is 78.2 cm³/mol. The van der Waals surface area contributed by atoms with Gasteiger partial charge in [0.25, 0.3) is 0 Å². The Bertz CT molecular complexity index is 710. The molecule has 4 heteroatoms. The van der Waals surface area contributed by atoms with E-state index in [9.17, 15) is 9.59 Å². The molecular formula is C17H13NO3. The van der Waals surface area contributed by atoms with E-state index in [-0.39, 0.29) is 23.7 Å². The second-order valence-corrected chi connectivity index (χ2v) is 5.27. The van der Waals surface area contributed by atoms with Crippen LogP contribution >= 0.6 is 0 Å². The van der Waals surface area contributed by atoms with Crippen molar-refractivity contribution in [3.63, 3.8) is 0 Å². The standard InChI is InChI=1S/C17H13NO3/c1-21-11-8-6-10(7-9-11)18-14-15(18)17(20)13-5-3-2-4-12(13)16(14)19/h2-9,14-15H,1H3. The molecule has 1 aliphatic heterocycles. The van der Waals surface area contributed by atoms with E-state index in [2.05, 4.69) is 0 Å². The Balaban J connectivity index is 1.71. The van der Waals surface area contributed by atoms with E-state index in [1.165, 1.54) is 0 Å². The first kappa shape index (κ1) is 12.1. The Labute approximate surface area is 121 Å². The summed E-state index contributed by atoms with van der Waals surface area (Å²) in [5.41, 5.74) is 1.96. The lowest BCUT2D eigenvalue weighted by atomic mass is 9.90. The number of rotatable bonds is 2. The van der Waals surface area contributed by atoms with Crippen molar-refractivity contribution >= 4 is 17.3 Å². The number of benzene rings is 2. The second-order valence-electron chi connectivity index (χ2n) is 5.27. The highest BCUT2D eigenvalue weighted by Gasteiger charge is 2.60. The van der Waals surface area contributed by atoms with Crippen LogP contribution in [0.1, 0.15) is 20.7 Å². The number of Topliss-reactive ketones (excluding diaryl/α,β-unsaturated/α-hetero) is 2. The van der Waals surface area contributed by atoms with E-state index in [1.807, 2.05) is 29.2 Å². The van der Waals surface area contributed by atoms with E-state index < -0.39 is 0 Å². The number of carbonyl (C=O) groups excluding carboxylic acids is 2. The van der Waals surface area contributed by atoms with Gasteiger partial charge in [-0.25, -0.2) is 0 Å². The molecule has 1 aliphatic carbocycles. The number of hydrogen-bond acceptors (Lipinski definition) is 4. The lowest BCUT2D eigenvalue weighted by Crippen LogP contribution is -2.25. The van der Waals surface area contributed by atoms with E-state index in [4.69, 9.17) is 4.74 Å². The molecule has 0 bridgehead atoms. The third-order valence-electron chi connectivity index (χ3n) is 4.17. The molecule has 1 fully saturated rings. The van der Waals surface area contributed by atoms with Crippen molar-refractivity contribution in [2.75, 3.05) is 12.0 Å². The molecule has 0 amide bonds. The zero-order valence-corrected chi connectivity index (χ0v) is 11.4. The number of ketones is 2. The van der Waals surface area contributed by atoms with Gasteiger partial charge in [0, 0.05) is 16.8 Å². The van der Waals surface area contributed by atoms with Gasteiger partial charge in [0.2, 0.25) is 0 Å². The van der Waals surface area contributed by atoms with E-state index in [0.29, 0.717) is 11.1 Å². The van der Waals surface area contributed by atoms with Gasteiger partial charge in [-0.05, 0) is 24.3 Å². The average Bonchev–Trinajstić information content (AvgIpc) is 3.29. The average molecular weight is 279 g/mol. The van der Waals surface area contributed by atoms with Gasteiger partial charge >= 0.3 is 0 Å². The fourth-order valence-corrected chi connectivity index (χ4v) is 3.08. The molecule has 104 valence electrons. The van der Waals surface area contributed by atoms with Crippen LogP contribution in [0.5, 0.6) is 5.75 Å². The molecular weight excluding hydrogens is 266 g/mol. The summed E-state index contributed by atoms with van der Waals surface area (Å²) < 4.78 is 5.13. The minimum absolute atomic E-state index is 0.0334. The van der Waals surface area contributed by atoms with Crippen LogP contribution in [0.3, 0.4) is 0 Å². The molecule has 21 heavy (non-hydrogen) atoms. The van der Waals surface area contributed by atoms with Crippen LogP contribution in [0.2, 0.25) is 0 Å². The Morgan fingerprint density at radius 2 is 1.38 bits per heavy atom. The summed E-state index contributed by atoms with van der Waals surface area (Å²) in [6.45, 7) is 0. The zero-order valence-electron chi connectivity index (χ0n) is 11.4. The summed E-state index contributed by atoms with van der Waals surface area (Å²) in [6.07, 6.45) is 0. The van der Waals surface area contributed by atoms with Gasteiger partial charge in [0.1, 0.15) is 17.8 Å². The Morgan fingerprint density at radius 1 is 0.857 bits per heavy atom. The number of nitrogens with zero attached hydrogens (tertiary/aromatic N) is 1. The molecule has 1 heterocycles. The fraction of sp³-hybridized carbons (Fsp3) is 0.176.